The number of hydrogen-bond acceptors (Lipinski definition) is 7. The Kier molecular flexibility index (Phi) is 6.44. The molecule has 2 N–H and O–H groups in total. The summed E-state index contributed by atoms with van der Waals surface area (Å²) >= 11 is 6.47. The fourth-order valence-electron chi connectivity index (χ4n) is 3.96. The number of nitrogens with zero attached hydrogens (tertiary/aromatic N) is 5. The van der Waals surface area contributed by atoms with E-state index in [1.165, 1.54) is 37.7 Å². The molecule has 3 heterocycles. The van der Waals surface area contributed by atoms with Crippen molar-refractivity contribution < 1.29 is 18.8 Å². The molecule has 12 heteroatoms. The molecule has 182 valence electrons. The van der Waals surface area contributed by atoms with Crippen LogP contribution < -0.4 is 10.9 Å². The van der Waals surface area contributed by atoms with Crippen LogP contribution in [-0.2, 0) is 14.1 Å². The van der Waals surface area contributed by atoms with Crippen molar-refractivity contribution in [1.82, 2.24) is 24.5 Å². The highest BCUT2D eigenvalue weighted by atomic mass is 35.5. The summed E-state index contributed by atoms with van der Waals surface area (Å²) in [6, 6.07) is 5.84. The van der Waals surface area contributed by atoms with E-state index < -0.39 is 40.6 Å². The Labute approximate surface area is 204 Å². The van der Waals surface area contributed by atoms with Crippen LogP contribution in [0.4, 0.5) is 10.1 Å². The second-order valence-corrected chi connectivity index (χ2v) is 8.57. The van der Waals surface area contributed by atoms with E-state index >= 15 is 0 Å². The molecule has 0 bridgehead atoms. The highest BCUT2D eigenvalue weighted by Crippen LogP contribution is 2.40. The second-order valence-electron chi connectivity index (χ2n) is 8.16. The lowest BCUT2D eigenvalue weighted by Gasteiger charge is -2.25. The maximum Gasteiger partial charge on any atom is 0.296 e. The van der Waals surface area contributed by atoms with E-state index in [0.29, 0.717) is 16.3 Å². The number of amides is 1. The molecule has 35 heavy (non-hydrogen) atoms. The van der Waals surface area contributed by atoms with Crippen molar-refractivity contribution in [2.24, 2.45) is 14.1 Å². The number of carbonyl (C=O) groups excluding carboxylic acids is 1. The van der Waals surface area contributed by atoms with Crippen LogP contribution in [0.1, 0.15) is 52.0 Å². The molecule has 0 unspecified atom stereocenters. The van der Waals surface area contributed by atoms with Gasteiger partial charge < -0.3 is 14.9 Å². The number of anilines is 1. The number of rotatable bonds is 6. The van der Waals surface area contributed by atoms with Gasteiger partial charge in [0, 0.05) is 36.6 Å². The van der Waals surface area contributed by atoms with Gasteiger partial charge in [-0.2, -0.15) is 5.10 Å². The van der Waals surface area contributed by atoms with Crippen molar-refractivity contribution in [2.45, 2.75) is 25.7 Å². The molecule has 1 amide bonds. The van der Waals surface area contributed by atoms with Gasteiger partial charge in [0.25, 0.3) is 11.5 Å². The third-order valence-electron chi connectivity index (χ3n) is 5.86. The quantitative estimate of drug-likeness (QED) is 0.414. The van der Waals surface area contributed by atoms with E-state index in [1.54, 1.807) is 18.7 Å². The SMILES string of the molecule is Cc1cc([C@@H](c2cc(F)ccc2Cl)[C@@H](C)c2nc(C(=O)Nc3cnoc3)c(O)c(=O)n2C)nn1C. The van der Waals surface area contributed by atoms with E-state index in [4.69, 9.17) is 11.6 Å². The Hall–Kier alpha value is -3.99. The van der Waals surface area contributed by atoms with Gasteiger partial charge in [-0.15, -0.1) is 0 Å². The molecule has 0 aliphatic heterocycles. The average Bonchev–Trinajstić information content (AvgIpc) is 3.44. The Morgan fingerprint density at radius 3 is 2.66 bits per heavy atom. The van der Waals surface area contributed by atoms with Gasteiger partial charge in [0.1, 0.15) is 23.6 Å². The molecular formula is C23H22ClFN6O4. The average molecular weight is 501 g/mol. The maximum absolute atomic E-state index is 14.3. The number of benzene rings is 1. The second kappa shape index (κ2) is 9.34. The summed E-state index contributed by atoms with van der Waals surface area (Å²) in [5.74, 6) is -3.22. The van der Waals surface area contributed by atoms with Gasteiger partial charge in [-0.05, 0) is 36.8 Å². The minimum atomic E-state index is -0.828. The van der Waals surface area contributed by atoms with Crippen LogP contribution in [0, 0.1) is 12.7 Å². The molecule has 0 saturated carbocycles. The molecule has 0 fully saturated rings. The number of aromatic nitrogens is 5. The zero-order chi connectivity index (χ0) is 25.4. The first-order valence-corrected chi connectivity index (χ1v) is 10.9. The van der Waals surface area contributed by atoms with Crippen LogP contribution in [0.5, 0.6) is 5.75 Å². The Morgan fingerprint density at radius 1 is 1.29 bits per heavy atom. The predicted octanol–water partition coefficient (Wildman–Crippen LogP) is 3.50. The first kappa shape index (κ1) is 24.1. The van der Waals surface area contributed by atoms with Crippen LogP contribution in [0.25, 0.3) is 0 Å². The van der Waals surface area contributed by atoms with E-state index in [1.807, 2.05) is 13.0 Å². The standard InChI is InChI=1S/C23H22ClFN6O4/c1-11-7-17(29-31(11)4)18(15-8-13(25)5-6-16(15)24)12(2)21-28-19(20(32)23(34)30(21)3)22(33)27-14-9-26-35-10-14/h5-10,12,18,32H,1-4H3,(H,27,33)/t12-,18-/m1/s1. The highest BCUT2D eigenvalue weighted by Gasteiger charge is 2.32. The molecule has 0 aliphatic carbocycles. The first-order valence-electron chi connectivity index (χ1n) is 10.5. The summed E-state index contributed by atoms with van der Waals surface area (Å²) in [6.07, 6.45) is 2.44. The third kappa shape index (κ3) is 4.54. The van der Waals surface area contributed by atoms with Gasteiger partial charge in [0.05, 0.1) is 11.9 Å². The number of hydrogen-bond donors (Lipinski definition) is 2. The number of carbonyl (C=O) groups is 1. The number of nitrogens with one attached hydrogen (secondary N) is 1. The van der Waals surface area contributed by atoms with Crippen molar-refractivity contribution in [2.75, 3.05) is 5.32 Å². The molecule has 0 saturated heterocycles. The van der Waals surface area contributed by atoms with E-state index in [9.17, 15) is 19.1 Å². The molecule has 4 aromatic rings. The maximum atomic E-state index is 14.3. The Morgan fingerprint density at radius 2 is 2.03 bits per heavy atom. The van der Waals surface area contributed by atoms with Gasteiger partial charge in [0.2, 0.25) is 5.75 Å². The molecule has 4 rings (SSSR count). The van der Waals surface area contributed by atoms with Gasteiger partial charge in [0.15, 0.2) is 5.69 Å². The number of aryl methyl sites for hydroxylation is 2. The summed E-state index contributed by atoms with van der Waals surface area (Å²) in [6.45, 7) is 3.63. The van der Waals surface area contributed by atoms with E-state index in [2.05, 4.69) is 25.1 Å². The lowest BCUT2D eigenvalue weighted by atomic mass is 9.83. The summed E-state index contributed by atoms with van der Waals surface area (Å²) < 4.78 is 21.8. The van der Waals surface area contributed by atoms with Gasteiger partial charge >= 0.3 is 0 Å². The van der Waals surface area contributed by atoms with Crippen LogP contribution in [0.15, 0.2) is 46.0 Å². The van der Waals surface area contributed by atoms with Crippen LogP contribution in [-0.4, -0.2) is 35.5 Å². The van der Waals surface area contributed by atoms with Gasteiger partial charge in [-0.25, -0.2) is 9.37 Å². The summed E-state index contributed by atoms with van der Waals surface area (Å²) in [5, 5.41) is 21.2. The minimum absolute atomic E-state index is 0.164. The predicted molar refractivity (Wildman–Crippen MR) is 125 cm³/mol. The third-order valence-corrected chi connectivity index (χ3v) is 6.20. The molecule has 1 aromatic carbocycles. The molecule has 2 atom stereocenters. The summed E-state index contributed by atoms with van der Waals surface area (Å²) in [5.41, 5.74) is 0.792. The van der Waals surface area contributed by atoms with Crippen LogP contribution in [0.2, 0.25) is 5.02 Å². The van der Waals surface area contributed by atoms with Gasteiger partial charge in [-0.3, -0.25) is 18.8 Å². The lowest BCUT2D eigenvalue weighted by Crippen LogP contribution is -2.29. The molecule has 0 radical (unpaired) electrons. The molecule has 0 aliphatic rings. The topological polar surface area (TPSA) is 128 Å². The highest BCUT2D eigenvalue weighted by molar-refractivity contribution is 6.31. The zero-order valence-corrected chi connectivity index (χ0v) is 20.0. The normalized spacial score (nSPS) is 13.0. The van der Waals surface area contributed by atoms with E-state index in [-0.39, 0.29) is 11.5 Å². The van der Waals surface area contributed by atoms with Crippen molar-refractivity contribution in [3.05, 3.63) is 86.4 Å². The van der Waals surface area contributed by atoms with Crippen molar-refractivity contribution in [3.8, 4) is 5.75 Å². The van der Waals surface area contributed by atoms with Crippen molar-refractivity contribution in [1.29, 1.82) is 0 Å². The number of aromatic hydroxyl groups is 1. The molecule has 3 aromatic heterocycles. The Bertz CT molecular complexity index is 1440. The van der Waals surface area contributed by atoms with Crippen LogP contribution in [0.3, 0.4) is 0 Å². The Balaban J connectivity index is 1.87. The monoisotopic (exact) mass is 500 g/mol. The fourth-order valence-corrected chi connectivity index (χ4v) is 4.19. The fraction of sp³-hybridized carbons (Fsp3) is 0.261. The smallest absolute Gasteiger partial charge is 0.296 e. The van der Waals surface area contributed by atoms with Gasteiger partial charge in [-0.1, -0.05) is 23.7 Å². The number of halogens is 2. The molecule has 10 nitrogen and oxygen atoms in total. The van der Waals surface area contributed by atoms with Crippen molar-refractivity contribution >= 4 is 23.2 Å². The minimum Gasteiger partial charge on any atom is -0.501 e. The summed E-state index contributed by atoms with van der Waals surface area (Å²) in [4.78, 5) is 30.0. The first-order chi connectivity index (χ1) is 16.6. The summed E-state index contributed by atoms with van der Waals surface area (Å²) in [7, 11) is 3.20. The molecular weight excluding hydrogens is 479 g/mol. The van der Waals surface area contributed by atoms with E-state index in [0.717, 1.165) is 10.3 Å². The molecule has 0 spiro atoms. The van der Waals surface area contributed by atoms with Crippen molar-refractivity contribution in [3.63, 3.8) is 0 Å². The van der Waals surface area contributed by atoms with Crippen LogP contribution >= 0.6 is 11.6 Å². The largest absolute Gasteiger partial charge is 0.501 e. The lowest BCUT2D eigenvalue weighted by molar-refractivity contribution is 0.101. The zero-order valence-electron chi connectivity index (χ0n) is 19.3.